The average molecular weight is 340 g/mol. The summed E-state index contributed by atoms with van der Waals surface area (Å²) in [5, 5.41) is 9.94. The molecule has 1 unspecified atom stereocenters. The van der Waals surface area contributed by atoms with Crippen molar-refractivity contribution in [2.75, 3.05) is 43.9 Å². The minimum Gasteiger partial charge on any atom is -0.378 e. The van der Waals surface area contributed by atoms with Crippen LogP contribution < -0.4 is 0 Å². The number of alkyl halides is 3. The molecule has 0 spiro atoms. The minimum absolute atomic E-state index is 0.248. The van der Waals surface area contributed by atoms with Crippen molar-refractivity contribution in [2.45, 2.75) is 12.6 Å². The predicted molar refractivity (Wildman–Crippen MR) is 74.6 cm³/mol. The van der Waals surface area contributed by atoms with E-state index < -0.39 is 13.9 Å². The highest BCUT2D eigenvalue weighted by Gasteiger charge is 2.44. The van der Waals surface area contributed by atoms with E-state index in [1.807, 2.05) is 0 Å². The van der Waals surface area contributed by atoms with Crippen LogP contribution in [0.3, 0.4) is 0 Å². The third-order valence-corrected chi connectivity index (χ3v) is 5.92. The van der Waals surface area contributed by atoms with Crippen LogP contribution in [0.15, 0.2) is 0 Å². The SMILES string of the molecule is O=[P@@]1(N(CCCl)CCCl)OCCC(O)N1CCCl. The molecule has 0 aromatic carbocycles. The number of hydrogen-bond acceptors (Lipinski definition) is 3. The molecule has 0 aromatic rings. The molecule has 1 rings (SSSR count). The van der Waals surface area contributed by atoms with Gasteiger partial charge in [0.15, 0.2) is 0 Å². The first-order chi connectivity index (χ1) is 8.60. The minimum atomic E-state index is -3.28. The van der Waals surface area contributed by atoms with Crippen LogP contribution in [0.25, 0.3) is 0 Å². The zero-order valence-corrected chi connectivity index (χ0v) is 13.1. The van der Waals surface area contributed by atoms with Crippen LogP contribution in [0.2, 0.25) is 0 Å². The van der Waals surface area contributed by atoms with Gasteiger partial charge in [-0.3, -0.25) is 4.57 Å². The van der Waals surface area contributed by atoms with Crippen LogP contribution in [-0.4, -0.2) is 64.6 Å². The van der Waals surface area contributed by atoms with Crippen molar-refractivity contribution in [3.05, 3.63) is 0 Å². The van der Waals surface area contributed by atoms with Gasteiger partial charge in [0.25, 0.3) is 0 Å². The molecule has 9 heteroatoms. The van der Waals surface area contributed by atoms with Gasteiger partial charge < -0.3 is 9.63 Å². The van der Waals surface area contributed by atoms with Crippen molar-refractivity contribution in [1.82, 2.24) is 9.34 Å². The van der Waals surface area contributed by atoms with E-state index in [0.717, 1.165) is 0 Å². The lowest BCUT2D eigenvalue weighted by molar-refractivity contribution is -0.00102. The molecule has 0 aromatic heterocycles. The fourth-order valence-corrected chi connectivity index (χ4v) is 5.27. The Morgan fingerprint density at radius 2 is 1.89 bits per heavy atom. The zero-order chi connectivity index (χ0) is 13.6. The van der Waals surface area contributed by atoms with Crippen molar-refractivity contribution in [3.8, 4) is 0 Å². The Bertz CT molecular complexity index is 292. The molecule has 0 amide bonds. The van der Waals surface area contributed by atoms with Gasteiger partial charge >= 0.3 is 7.67 Å². The summed E-state index contributed by atoms with van der Waals surface area (Å²) >= 11 is 17.1. The van der Waals surface area contributed by atoms with Gasteiger partial charge in [-0.2, -0.15) is 4.67 Å². The number of hydrogen-bond donors (Lipinski definition) is 1. The van der Waals surface area contributed by atoms with Gasteiger partial charge in [-0.1, -0.05) is 0 Å². The van der Waals surface area contributed by atoms with E-state index in [9.17, 15) is 9.67 Å². The number of halogens is 3. The second-order valence-corrected chi connectivity index (χ2v) is 7.23. The highest BCUT2D eigenvalue weighted by molar-refractivity contribution is 7.54. The van der Waals surface area contributed by atoms with E-state index in [-0.39, 0.29) is 12.5 Å². The van der Waals surface area contributed by atoms with Crippen molar-refractivity contribution in [2.24, 2.45) is 0 Å². The highest BCUT2D eigenvalue weighted by Crippen LogP contribution is 2.57. The zero-order valence-electron chi connectivity index (χ0n) is 9.97. The molecule has 0 radical (unpaired) electrons. The van der Waals surface area contributed by atoms with Crippen molar-refractivity contribution >= 4 is 42.5 Å². The molecule has 0 bridgehead atoms. The fourth-order valence-electron chi connectivity index (χ4n) is 1.83. The molecule has 2 atom stereocenters. The van der Waals surface area contributed by atoms with E-state index in [1.165, 1.54) is 4.67 Å². The Morgan fingerprint density at radius 1 is 1.28 bits per heavy atom. The summed E-state index contributed by atoms with van der Waals surface area (Å²) < 4.78 is 21.4. The average Bonchev–Trinajstić information content (AvgIpc) is 2.34. The quantitative estimate of drug-likeness (QED) is 0.569. The second-order valence-electron chi connectivity index (χ2n) is 3.78. The number of aliphatic hydroxyl groups is 1. The van der Waals surface area contributed by atoms with Crippen molar-refractivity contribution in [1.29, 1.82) is 0 Å². The van der Waals surface area contributed by atoms with Crippen LogP contribution in [0.1, 0.15) is 6.42 Å². The van der Waals surface area contributed by atoms with E-state index in [1.54, 1.807) is 4.67 Å². The molecule has 5 nitrogen and oxygen atoms in total. The Labute approximate surface area is 122 Å². The molecular formula is C9H18Cl3N2O3P. The standard InChI is InChI=1S/C9H18Cl3N2O3P/c10-2-5-13(6-3-11)18(16)14(7-4-12)9(15)1-8-17-18/h9,15H,1-8H2/t9?,18-/m0/s1. The summed E-state index contributed by atoms with van der Waals surface area (Å²) in [5.41, 5.74) is 0. The van der Waals surface area contributed by atoms with Crippen molar-refractivity contribution < 1.29 is 14.2 Å². The maximum atomic E-state index is 12.9. The van der Waals surface area contributed by atoms with Crippen LogP contribution in [0.4, 0.5) is 0 Å². The third-order valence-electron chi connectivity index (χ3n) is 2.66. The van der Waals surface area contributed by atoms with Gasteiger partial charge in [0.05, 0.1) is 6.61 Å². The second kappa shape index (κ2) is 8.28. The van der Waals surface area contributed by atoms with Gasteiger partial charge in [-0.05, 0) is 0 Å². The molecular weight excluding hydrogens is 321 g/mol. The molecule has 18 heavy (non-hydrogen) atoms. The number of aliphatic hydroxyl groups excluding tert-OH is 1. The summed E-state index contributed by atoms with van der Waals surface area (Å²) in [6, 6.07) is 0. The molecule has 108 valence electrons. The van der Waals surface area contributed by atoms with Gasteiger partial charge in [0, 0.05) is 43.7 Å². The van der Waals surface area contributed by atoms with Crippen LogP contribution in [-0.2, 0) is 9.09 Å². The first-order valence-electron chi connectivity index (χ1n) is 5.73. The summed E-state index contributed by atoms with van der Waals surface area (Å²) in [6.07, 6.45) is -0.396. The van der Waals surface area contributed by atoms with E-state index in [4.69, 9.17) is 39.3 Å². The molecule has 0 aliphatic carbocycles. The Morgan fingerprint density at radius 3 is 2.39 bits per heavy atom. The normalized spacial score (nSPS) is 29.9. The summed E-state index contributed by atoms with van der Waals surface area (Å²) in [5.74, 6) is 0.893. The Balaban J connectivity index is 2.91. The molecule has 0 saturated carbocycles. The monoisotopic (exact) mass is 338 g/mol. The maximum absolute atomic E-state index is 12.9. The summed E-state index contributed by atoms with van der Waals surface area (Å²) in [7, 11) is -3.28. The Kier molecular flexibility index (Phi) is 7.81. The smallest absolute Gasteiger partial charge is 0.348 e. The lowest BCUT2D eigenvalue weighted by Gasteiger charge is -2.42. The molecule has 1 aliphatic heterocycles. The van der Waals surface area contributed by atoms with Crippen LogP contribution >= 0.6 is 42.5 Å². The fraction of sp³-hybridized carbons (Fsp3) is 1.00. The first kappa shape index (κ1) is 17.0. The molecule has 1 fully saturated rings. The van der Waals surface area contributed by atoms with Crippen LogP contribution in [0.5, 0.6) is 0 Å². The van der Waals surface area contributed by atoms with E-state index in [2.05, 4.69) is 0 Å². The summed E-state index contributed by atoms with van der Waals surface area (Å²) in [6.45, 7) is 1.31. The predicted octanol–water partition coefficient (Wildman–Crippen LogP) is 2.15. The van der Waals surface area contributed by atoms with Gasteiger partial charge in [-0.25, -0.2) is 4.67 Å². The maximum Gasteiger partial charge on any atom is 0.348 e. The lowest BCUT2D eigenvalue weighted by atomic mass is 10.4. The largest absolute Gasteiger partial charge is 0.378 e. The topological polar surface area (TPSA) is 53.0 Å². The summed E-state index contributed by atoms with van der Waals surface area (Å²) in [4.78, 5) is 0. The molecule has 1 aliphatic rings. The Hall–Kier alpha value is 0.940. The molecule has 1 heterocycles. The molecule has 1 N–H and O–H groups in total. The van der Waals surface area contributed by atoms with Crippen LogP contribution in [0, 0.1) is 0 Å². The highest BCUT2D eigenvalue weighted by atomic mass is 35.5. The number of nitrogens with zero attached hydrogens (tertiary/aromatic N) is 2. The third kappa shape index (κ3) is 3.97. The lowest BCUT2D eigenvalue weighted by Crippen LogP contribution is -2.45. The van der Waals surface area contributed by atoms with E-state index in [0.29, 0.717) is 37.8 Å². The molecule has 1 saturated heterocycles. The first-order valence-corrected chi connectivity index (χ1v) is 8.86. The van der Waals surface area contributed by atoms with Gasteiger partial charge in [0.1, 0.15) is 6.23 Å². The van der Waals surface area contributed by atoms with Crippen molar-refractivity contribution in [3.63, 3.8) is 0 Å². The van der Waals surface area contributed by atoms with Gasteiger partial charge in [-0.15, -0.1) is 34.8 Å². The van der Waals surface area contributed by atoms with Gasteiger partial charge in [0.2, 0.25) is 0 Å². The number of rotatable bonds is 7. The van der Waals surface area contributed by atoms with E-state index >= 15 is 0 Å².